The fourth-order valence-corrected chi connectivity index (χ4v) is 8.18. The Balaban J connectivity index is 1.84. The van der Waals surface area contributed by atoms with Gasteiger partial charge in [0.25, 0.3) is 0 Å². The number of phenolic OH excluding ortho intramolecular Hbond substituents is 1. The largest absolute Gasteiger partial charge is 0.504 e. The molecule has 1 fully saturated rings. The monoisotopic (exact) mass is 680 g/mol. The second-order valence-electron chi connectivity index (χ2n) is 13.0. The van der Waals surface area contributed by atoms with Crippen molar-refractivity contribution in [2.75, 3.05) is 25.3 Å². The first kappa shape index (κ1) is 38.1. The van der Waals surface area contributed by atoms with Gasteiger partial charge in [-0.25, -0.2) is 4.99 Å². The molecule has 5 N–H and O–H groups in total. The van der Waals surface area contributed by atoms with E-state index in [0.29, 0.717) is 67.7 Å². The van der Waals surface area contributed by atoms with E-state index >= 15 is 0 Å². The van der Waals surface area contributed by atoms with Crippen molar-refractivity contribution in [1.82, 2.24) is 10.2 Å². The summed E-state index contributed by atoms with van der Waals surface area (Å²) in [7, 11) is 5.01. The van der Waals surface area contributed by atoms with Crippen LogP contribution in [-0.4, -0.2) is 76.5 Å². The van der Waals surface area contributed by atoms with E-state index in [1.807, 2.05) is 11.0 Å². The quantitative estimate of drug-likeness (QED) is 0.223. The smallest absolute Gasteiger partial charge is 0.302 e. The first-order valence-corrected chi connectivity index (χ1v) is 19.4. The van der Waals surface area contributed by atoms with E-state index in [-0.39, 0.29) is 36.1 Å². The van der Waals surface area contributed by atoms with Crippen molar-refractivity contribution in [2.24, 2.45) is 22.6 Å². The topological polar surface area (TPSA) is 147 Å². The van der Waals surface area contributed by atoms with Gasteiger partial charge in [-0.2, -0.15) is 0 Å². The Kier molecular flexibility index (Phi) is 16.7. The highest BCUT2D eigenvalue weighted by atomic mass is 33.1. The van der Waals surface area contributed by atoms with Gasteiger partial charge in [0.05, 0.1) is 19.1 Å². The van der Waals surface area contributed by atoms with Crippen LogP contribution in [0.2, 0.25) is 0 Å². The molecule has 3 rings (SSSR count). The van der Waals surface area contributed by atoms with Crippen LogP contribution in [0.3, 0.4) is 0 Å². The van der Waals surface area contributed by atoms with Crippen LogP contribution in [-0.2, 0) is 27.3 Å². The summed E-state index contributed by atoms with van der Waals surface area (Å²) >= 11 is 0. The zero-order valence-electron chi connectivity index (χ0n) is 28.2. The maximum absolute atomic E-state index is 13.5. The Labute approximate surface area is 283 Å². The number of benzene rings is 1. The molecule has 0 aromatic heterocycles. The predicted octanol–water partition coefficient (Wildman–Crippen LogP) is 5.77. The van der Waals surface area contributed by atoms with Gasteiger partial charge in [-0.1, -0.05) is 60.8 Å². The van der Waals surface area contributed by atoms with Crippen molar-refractivity contribution in [3.05, 3.63) is 23.3 Å². The highest BCUT2D eigenvalue weighted by Crippen LogP contribution is 2.38. The minimum atomic E-state index is -0.549. The zero-order chi connectivity index (χ0) is 33.5. The molecule has 4 bridgehead atoms. The number of guanidine groups is 1. The van der Waals surface area contributed by atoms with E-state index in [1.54, 1.807) is 27.7 Å². The van der Waals surface area contributed by atoms with Crippen LogP contribution >= 0.6 is 21.6 Å². The number of hydrogen-bond donors (Lipinski definition) is 4. The van der Waals surface area contributed by atoms with Crippen molar-refractivity contribution < 1.29 is 29.3 Å². The first-order chi connectivity index (χ1) is 22.1. The van der Waals surface area contributed by atoms with E-state index in [2.05, 4.69) is 24.2 Å². The molecular weight excluding hydrogens is 625 g/mol. The van der Waals surface area contributed by atoms with Crippen LogP contribution < -0.4 is 15.8 Å². The number of carbonyl (C=O) groups is 2. The molecule has 0 aliphatic carbocycles. The van der Waals surface area contributed by atoms with Crippen LogP contribution in [0.25, 0.3) is 0 Å². The third-order valence-electron chi connectivity index (χ3n) is 8.85. The number of nitrogens with zero attached hydrogens (tertiary/aromatic N) is 2. The van der Waals surface area contributed by atoms with Gasteiger partial charge in [0, 0.05) is 50.2 Å². The Morgan fingerprint density at radius 1 is 1.17 bits per heavy atom. The number of carbonyl (C=O) groups excluding carboxylic acids is 2. The maximum Gasteiger partial charge on any atom is 0.302 e. The van der Waals surface area contributed by atoms with Crippen LogP contribution in [0, 0.1) is 11.8 Å². The molecule has 1 saturated heterocycles. The Morgan fingerprint density at radius 3 is 2.70 bits per heavy atom. The number of aliphatic imine (C=N–C) groups is 1. The summed E-state index contributed by atoms with van der Waals surface area (Å²) in [5, 5.41) is 25.1. The zero-order valence-corrected chi connectivity index (χ0v) is 29.8. The summed E-state index contributed by atoms with van der Waals surface area (Å²) in [6.07, 6.45) is 8.47. The maximum atomic E-state index is 13.5. The number of methoxy groups -OCH3 is 1. The molecule has 1 amide bonds. The van der Waals surface area contributed by atoms with Crippen molar-refractivity contribution in [1.29, 1.82) is 0 Å². The SMILES string of the molecule is COc1cc2cc(c1O)CN1C(=O)C[C@@H](CCNC(N)=NCSSCCCCCC[C@H](O)C[C@H](OC(C)=O)CC2)[C@@H]1CCC(C)C. The summed E-state index contributed by atoms with van der Waals surface area (Å²) < 4.78 is 11.2. The lowest BCUT2D eigenvalue weighted by molar-refractivity contribution is -0.148. The molecule has 2 aliphatic rings. The van der Waals surface area contributed by atoms with Crippen LogP contribution in [0.5, 0.6) is 11.5 Å². The van der Waals surface area contributed by atoms with Crippen LogP contribution in [0.15, 0.2) is 17.1 Å². The Bertz CT molecular complexity index is 1140. The average molecular weight is 681 g/mol. The second-order valence-corrected chi connectivity index (χ2v) is 15.6. The number of aryl methyl sites for hydroxylation is 1. The van der Waals surface area contributed by atoms with Crippen LogP contribution in [0.4, 0.5) is 0 Å². The molecule has 0 saturated carbocycles. The van der Waals surface area contributed by atoms with Gasteiger partial charge >= 0.3 is 5.97 Å². The number of esters is 1. The van der Waals surface area contributed by atoms with Gasteiger partial charge in [0.1, 0.15) is 6.10 Å². The summed E-state index contributed by atoms with van der Waals surface area (Å²) in [4.78, 5) is 31.7. The number of aliphatic hydroxyl groups excluding tert-OH is 1. The molecule has 1 aromatic rings. The number of phenols is 1. The van der Waals surface area contributed by atoms with Crippen molar-refractivity contribution in [3.63, 3.8) is 0 Å². The average Bonchev–Trinajstić information content (AvgIpc) is 3.29. The van der Waals surface area contributed by atoms with Gasteiger partial charge in [0.15, 0.2) is 17.5 Å². The Morgan fingerprint density at radius 2 is 1.96 bits per heavy atom. The molecule has 2 aliphatic heterocycles. The minimum absolute atomic E-state index is 0.0342. The molecule has 10 nitrogen and oxygen atoms in total. The number of aliphatic hydroxyl groups is 1. The highest BCUT2D eigenvalue weighted by molar-refractivity contribution is 8.76. The number of amides is 1. The summed E-state index contributed by atoms with van der Waals surface area (Å²) in [6, 6.07) is 3.77. The van der Waals surface area contributed by atoms with E-state index in [0.717, 1.165) is 56.3 Å². The van der Waals surface area contributed by atoms with Gasteiger partial charge in [-0.15, -0.1) is 0 Å². The van der Waals surface area contributed by atoms with E-state index in [9.17, 15) is 19.8 Å². The number of ether oxygens (including phenoxy) is 2. The number of hydrogen-bond acceptors (Lipinski definition) is 11. The molecule has 2 heterocycles. The summed E-state index contributed by atoms with van der Waals surface area (Å²) in [5.41, 5.74) is 7.69. The van der Waals surface area contributed by atoms with E-state index in [4.69, 9.17) is 15.2 Å². The van der Waals surface area contributed by atoms with Gasteiger partial charge < -0.3 is 35.6 Å². The number of fused-ring (bicyclic) bond motifs is 4. The standard InChI is InChI=1S/C34H56N4O6S2/c1-23(2)10-13-30-26-14-15-36-34(35)37-22-46-45-16-8-6-5-7-9-28(40)20-29(44-24(3)39)12-11-25-17-27(21-38(30)32(41)19-26)33(42)31(18-25)43-4/h17-18,23,26,28-30,40,42H,5-16,19-22H2,1-4H3,(H3,35,36,37)/t26-,28+,29-,30+/m1/s1. The lowest BCUT2D eigenvalue weighted by atomic mass is 9.90. The van der Waals surface area contributed by atoms with Crippen molar-refractivity contribution in [3.8, 4) is 11.5 Å². The van der Waals surface area contributed by atoms with Crippen LogP contribution in [0.1, 0.15) is 103 Å². The molecule has 46 heavy (non-hydrogen) atoms. The third-order valence-corrected chi connectivity index (χ3v) is 11.0. The lowest BCUT2D eigenvalue weighted by Gasteiger charge is -2.30. The summed E-state index contributed by atoms with van der Waals surface area (Å²) in [5.74, 6) is 2.82. The molecule has 0 radical (unpaired) electrons. The van der Waals surface area contributed by atoms with E-state index < -0.39 is 12.2 Å². The normalized spacial score (nSPS) is 25.0. The molecule has 12 heteroatoms. The lowest BCUT2D eigenvalue weighted by Crippen LogP contribution is -2.37. The minimum Gasteiger partial charge on any atom is -0.504 e. The Hall–Kier alpha value is -2.31. The van der Waals surface area contributed by atoms with Crippen molar-refractivity contribution >= 4 is 39.4 Å². The fourth-order valence-electron chi connectivity index (χ4n) is 6.38. The highest BCUT2D eigenvalue weighted by Gasteiger charge is 2.39. The predicted molar refractivity (Wildman–Crippen MR) is 188 cm³/mol. The number of aromatic hydroxyl groups is 1. The number of nitrogens with one attached hydrogen (secondary N) is 1. The van der Waals surface area contributed by atoms with Gasteiger partial charge in [0.2, 0.25) is 5.91 Å². The van der Waals surface area contributed by atoms with Gasteiger partial charge in [-0.05, 0) is 68.4 Å². The third kappa shape index (κ3) is 13.1. The molecule has 1 aromatic carbocycles. The molecule has 0 unspecified atom stereocenters. The molecule has 4 atom stereocenters. The fraction of sp³-hybridized carbons (Fsp3) is 0.735. The van der Waals surface area contributed by atoms with Gasteiger partial charge in [-0.3, -0.25) is 9.59 Å². The molecule has 260 valence electrons. The van der Waals surface area contributed by atoms with Crippen molar-refractivity contribution in [2.45, 2.75) is 123 Å². The van der Waals surface area contributed by atoms with E-state index in [1.165, 1.54) is 14.0 Å². The summed E-state index contributed by atoms with van der Waals surface area (Å²) in [6.45, 7) is 6.71. The second kappa shape index (κ2) is 20.1. The molecular formula is C34H56N4O6S2. The number of nitrogens with two attached hydrogens (primary N) is 1. The first-order valence-electron chi connectivity index (χ1n) is 16.9. The molecule has 0 spiro atoms. The number of rotatable bonds is 5.